The topological polar surface area (TPSA) is 118 Å². The van der Waals surface area contributed by atoms with Crippen LogP contribution in [0.2, 0.25) is 5.02 Å². The van der Waals surface area contributed by atoms with Crippen molar-refractivity contribution in [2.24, 2.45) is 9.98 Å². The number of amidine groups is 2. The molecule has 2 aromatic carbocycles. The SMILES string of the molecule is COc1ccc(CNC(=O)CC[C@@H]2N=C3c4ccccc4N=C(SCc4cc(=O)n5cc(Cl)ccc5n4)N3C2=O)cc1. The van der Waals surface area contributed by atoms with Crippen molar-refractivity contribution in [3.05, 3.63) is 105 Å². The van der Waals surface area contributed by atoms with Gasteiger partial charge in [0.25, 0.3) is 11.5 Å². The first kappa shape index (κ1) is 27.7. The van der Waals surface area contributed by atoms with Gasteiger partial charge in [0.1, 0.15) is 23.3 Å². The Morgan fingerprint density at radius 3 is 2.71 bits per heavy atom. The molecule has 2 aromatic heterocycles. The van der Waals surface area contributed by atoms with Crippen molar-refractivity contribution in [3.8, 4) is 5.75 Å². The number of benzene rings is 2. The summed E-state index contributed by atoms with van der Waals surface area (Å²) in [4.78, 5) is 54.4. The molecular weight excluding hydrogens is 576 g/mol. The number of hydrogen-bond donors (Lipinski definition) is 1. The van der Waals surface area contributed by atoms with E-state index in [-0.39, 0.29) is 30.2 Å². The molecule has 1 N–H and O–H groups in total. The molecule has 2 aliphatic rings. The molecule has 4 heterocycles. The number of carbonyl (C=O) groups excluding carboxylic acids is 2. The number of pyridine rings is 1. The van der Waals surface area contributed by atoms with Gasteiger partial charge in [0.15, 0.2) is 5.17 Å². The average molecular weight is 601 g/mol. The summed E-state index contributed by atoms with van der Waals surface area (Å²) in [5.74, 6) is 1.16. The summed E-state index contributed by atoms with van der Waals surface area (Å²) in [5, 5.41) is 3.78. The van der Waals surface area contributed by atoms with Crippen LogP contribution in [0.15, 0.2) is 87.7 Å². The van der Waals surface area contributed by atoms with Crippen LogP contribution in [0.3, 0.4) is 0 Å². The molecule has 2 aliphatic heterocycles. The summed E-state index contributed by atoms with van der Waals surface area (Å²) in [6.07, 6.45) is 1.93. The minimum absolute atomic E-state index is 0.146. The van der Waals surface area contributed by atoms with Gasteiger partial charge in [0.2, 0.25) is 5.91 Å². The van der Waals surface area contributed by atoms with Crippen LogP contribution in [0.5, 0.6) is 5.75 Å². The van der Waals surface area contributed by atoms with E-state index in [1.165, 1.54) is 33.3 Å². The van der Waals surface area contributed by atoms with Gasteiger partial charge < -0.3 is 10.1 Å². The molecular formula is C30H25ClN6O4S. The maximum Gasteiger partial charge on any atom is 0.259 e. The Morgan fingerprint density at radius 2 is 1.90 bits per heavy atom. The Bertz CT molecular complexity index is 1820. The minimum atomic E-state index is -0.711. The lowest BCUT2D eigenvalue weighted by molar-refractivity contribution is -0.125. The summed E-state index contributed by atoms with van der Waals surface area (Å²) < 4.78 is 6.55. The highest BCUT2D eigenvalue weighted by atomic mass is 35.5. The van der Waals surface area contributed by atoms with Crippen LogP contribution in [0.4, 0.5) is 5.69 Å². The second-order valence-corrected chi connectivity index (χ2v) is 11.0. The lowest BCUT2D eigenvalue weighted by Gasteiger charge is -2.25. The zero-order valence-corrected chi connectivity index (χ0v) is 24.1. The monoisotopic (exact) mass is 600 g/mol. The number of thioether (sulfide) groups is 1. The lowest BCUT2D eigenvalue weighted by atomic mass is 10.1. The number of rotatable bonds is 8. The van der Waals surface area contributed by atoms with Gasteiger partial charge in [-0.3, -0.25) is 23.8 Å². The number of methoxy groups -OCH3 is 1. The molecule has 0 unspecified atom stereocenters. The maximum absolute atomic E-state index is 13.6. The fraction of sp³-hybridized carbons (Fsp3) is 0.200. The summed E-state index contributed by atoms with van der Waals surface area (Å²) in [7, 11) is 1.60. The van der Waals surface area contributed by atoms with Crippen LogP contribution in [-0.4, -0.2) is 50.3 Å². The fourth-order valence-electron chi connectivity index (χ4n) is 4.73. The molecule has 10 nitrogen and oxygen atoms in total. The van der Waals surface area contributed by atoms with E-state index in [2.05, 4.69) is 10.3 Å². The van der Waals surface area contributed by atoms with Crippen molar-refractivity contribution < 1.29 is 14.3 Å². The van der Waals surface area contributed by atoms with Crippen LogP contribution < -0.4 is 15.6 Å². The van der Waals surface area contributed by atoms with E-state index in [9.17, 15) is 14.4 Å². The van der Waals surface area contributed by atoms with E-state index < -0.39 is 6.04 Å². The largest absolute Gasteiger partial charge is 0.497 e. The standard InChI is InChI=1S/C30H25ClN6O4S/c1-41-21-9-6-18(7-10-21)15-32-26(38)13-11-24-29(40)37-28(34-24)22-4-2-3-5-23(22)35-30(37)42-17-20-14-27(39)36-16-19(31)8-12-25(36)33-20/h2-10,12,14,16,24H,11,13,15,17H2,1H3,(H,32,38)/t24-/m0/s1. The summed E-state index contributed by atoms with van der Waals surface area (Å²) in [6, 6.07) is 19.0. The Labute approximate surface area is 250 Å². The van der Waals surface area contributed by atoms with Gasteiger partial charge in [-0.25, -0.2) is 14.9 Å². The Hall–Kier alpha value is -4.48. The third kappa shape index (κ3) is 5.65. The first-order valence-electron chi connectivity index (χ1n) is 13.2. The molecule has 212 valence electrons. The van der Waals surface area contributed by atoms with Crippen molar-refractivity contribution >= 4 is 57.5 Å². The molecule has 12 heteroatoms. The molecule has 0 spiro atoms. The number of aliphatic imine (C=N–C) groups is 2. The number of fused-ring (bicyclic) bond motifs is 4. The lowest BCUT2D eigenvalue weighted by Crippen LogP contribution is -2.41. The highest BCUT2D eigenvalue weighted by molar-refractivity contribution is 8.13. The molecule has 0 saturated heterocycles. The molecule has 1 atom stereocenters. The normalized spacial score (nSPS) is 15.6. The molecule has 0 saturated carbocycles. The molecule has 0 radical (unpaired) electrons. The van der Waals surface area contributed by atoms with E-state index in [4.69, 9.17) is 26.3 Å². The fourth-order valence-corrected chi connectivity index (χ4v) is 5.78. The Morgan fingerprint density at radius 1 is 1.10 bits per heavy atom. The highest BCUT2D eigenvalue weighted by Gasteiger charge is 2.41. The molecule has 2 amide bonds. The van der Waals surface area contributed by atoms with Crippen LogP contribution in [0.1, 0.15) is 29.7 Å². The van der Waals surface area contributed by atoms with E-state index in [1.807, 2.05) is 48.5 Å². The average Bonchev–Trinajstić information content (AvgIpc) is 3.34. The first-order chi connectivity index (χ1) is 20.4. The number of carbonyl (C=O) groups is 2. The van der Waals surface area contributed by atoms with Gasteiger partial charge in [0, 0.05) is 36.5 Å². The van der Waals surface area contributed by atoms with E-state index in [1.54, 1.807) is 19.2 Å². The maximum atomic E-state index is 13.6. The predicted octanol–water partition coefficient (Wildman–Crippen LogP) is 4.35. The van der Waals surface area contributed by atoms with E-state index in [0.29, 0.717) is 45.4 Å². The van der Waals surface area contributed by atoms with Gasteiger partial charge in [-0.2, -0.15) is 0 Å². The van der Waals surface area contributed by atoms with Gasteiger partial charge >= 0.3 is 0 Å². The van der Waals surface area contributed by atoms with E-state index in [0.717, 1.165) is 16.9 Å². The van der Waals surface area contributed by atoms with Crippen LogP contribution in [-0.2, 0) is 21.9 Å². The number of para-hydroxylation sites is 1. The van der Waals surface area contributed by atoms with Crippen molar-refractivity contribution in [1.82, 2.24) is 19.6 Å². The van der Waals surface area contributed by atoms with Crippen molar-refractivity contribution in [3.63, 3.8) is 0 Å². The number of ether oxygens (including phenoxy) is 1. The smallest absolute Gasteiger partial charge is 0.259 e. The summed E-state index contributed by atoms with van der Waals surface area (Å²) >= 11 is 7.32. The molecule has 4 aromatic rings. The molecule has 0 fully saturated rings. The zero-order chi connectivity index (χ0) is 29.2. The third-order valence-electron chi connectivity index (χ3n) is 6.87. The Kier molecular flexibility index (Phi) is 7.77. The number of amides is 2. The number of nitrogens with zero attached hydrogens (tertiary/aromatic N) is 5. The van der Waals surface area contributed by atoms with Crippen molar-refractivity contribution in [2.45, 2.75) is 31.2 Å². The van der Waals surface area contributed by atoms with Gasteiger partial charge in [-0.15, -0.1) is 0 Å². The molecule has 6 rings (SSSR count). The van der Waals surface area contributed by atoms with Gasteiger partial charge in [0.05, 0.1) is 23.5 Å². The number of hydrogen-bond acceptors (Lipinski definition) is 8. The van der Waals surface area contributed by atoms with Gasteiger partial charge in [-0.1, -0.05) is 47.6 Å². The second kappa shape index (κ2) is 11.8. The van der Waals surface area contributed by atoms with Crippen LogP contribution in [0.25, 0.3) is 5.65 Å². The number of halogens is 1. The second-order valence-electron chi connectivity index (χ2n) is 9.67. The van der Waals surface area contributed by atoms with Crippen LogP contribution >= 0.6 is 23.4 Å². The Balaban J connectivity index is 1.15. The number of nitrogens with one attached hydrogen (secondary N) is 1. The van der Waals surface area contributed by atoms with Gasteiger partial charge in [-0.05, 0) is 48.4 Å². The van der Waals surface area contributed by atoms with Crippen molar-refractivity contribution in [2.75, 3.05) is 7.11 Å². The zero-order valence-electron chi connectivity index (χ0n) is 22.5. The van der Waals surface area contributed by atoms with Crippen LogP contribution in [0, 0.1) is 0 Å². The predicted molar refractivity (Wildman–Crippen MR) is 163 cm³/mol. The highest BCUT2D eigenvalue weighted by Crippen LogP contribution is 2.35. The summed E-state index contributed by atoms with van der Waals surface area (Å²) in [6.45, 7) is 0.377. The van der Waals surface area contributed by atoms with E-state index >= 15 is 0 Å². The third-order valence-corrected chi connectivity index (χ3v) is 8.06. The first-order valence-corrected chi connectivity index (χ1v) is 14.6. The molecule has 0 bridgehead atoms. The van der Waals surface area contributed by atoms with Crippen molar-refractivity contribution in [1.29, 1.82) is 0 Å². The minimum Gasteiger partial charge on any atom is -0.497 e. The quantitative estimate of drug-likeness (QED) is 0.321. The molecule has 42 heavy (non-hydrogen) atoms. The summed E-state index contributed by atoms with van der Waals surface area (Å²) in [5.41, 5.74) is 3.16. The number of aromatic nitrogens is 2. The molecule has 0 aliphatic carbocycles.